The summed E-state index contributed by atoms with van der Waals surface area (Å²) in [7, 11) is -7.59. The number of sulfonamides is 2. The number of rotatable bonds is 8. The molecular formula is C22H26N2O6S2. The summed E-state index contributed by atoms with van der Waals surface area (Å²) >= 11 is 0. The lowest BCUT2D eigenvalue weighted by atomic mass is 9.92. The molecule has 2 aromatic carbocycles. The summed E-state index contributed by atoms with van der Waals surface area (Å²) in [6.07, 6.45) is 1.86. The Labute approximate surface area is 188 Å². The Balaban J connectivity index is 1.61. The number of nitrogens with one attached hydrogen (secondary N) is 2. The number of ketones is 2. The Morgan fingerprint density at radius 2 is 1.03 bits per heavy atom. The molecule has 0 aromatic heterocycles. The second-order valence-electron chi connectivity index (χ2n) is 7.96. The normalized spacial score (nSPS) is 19.4. The number of carbonyl (C=O) groups excluding carboxylic acids is 2. The lowest BCUT2D eigenvalue weighted by molar-refractivity contribution is 0.100. The van der Waals surface area contributed by atoms with Crippen molar-refractivity contribution in [2.24, 2.45) is 0 Å². The highest BCUT2D eigenvalue weighted by Gasteiger charge is 2.29. The lowest BCUT2D eigenvalue weighted by Crippen LogP contribution is -2.43. The topological polar surface area (TPSA) is 126 Å². The highest BCUT2D eigenvalue weighted by Crippen LogP contribution is 2.23. The highest BCUT2D eigenvalue weighted by molar-refractivity contribution is 7.89. The largest absolute Gasteiger partial charge is 0.295 e. The van der Waals surface area contributed by atoms with Crippen LogP contribution in [0, 0.1) is 0 Å². The number of benzene rings is 2. The van der Waals surface area contributed by atoms with Crippen molar-refractivity contribution in [2.45, 2.75) is 61.4 Å². The summed E-state index contributed by atoms with van der Waals surface area (Å²) in [5.41, 5.74) is 0.639. The van der Waals surface area contributed by atoms with Gasteiger partial charge in [0.25, 0.3) is 0 Å². The van der Waals surface area contributed by atoms with Crippen LogP contribution >= 0.6 is 0 Å². The molecule has 0 spiro atoms. The minimum Gasteiger partial charge on any atom is -0.295 e. The first-order valence-electron chi connectivity index (χ1n) is 10.2. The zero-order valence-corrected chi connectivity index (χ0v) is 19.5. The Kier molecular flexibility index (Phi) is 7.29. The second-order valence-corrected chi connectivity index (χ2v) is 11.4. The molecule has 0 atom stereocenters. The molecule has 3 rings (SSSR count). The van der Waals surface area contributed by atoms with Crippen LogP contribution in [-0.2, 0) is 20.0 Å². The van der Waals surface area contributed by atoms with Gasteiger partial charge in [-0.2, -0.15) is 0 Å². The molecule has 1 aliphatic carbocycles. The van der Waals surface area contributed by atoms with Crippen LogP contribution in [0.4, 0.5) is 0 Å². The minimum atomic E-state index is -3.80. The monoisotopic (exact) mass is 478 g/mol. The predicted octanol–water partition coefficient (Wildman–Crippen LogP) is 2.66. The van der Waals surface area contributed by atoms with Gasteiger partial charge in [0.2, 0.25) is 20.0 Å². The molecule has 0 amide bonds. The van der Waals surface area contributed by atoms with Crippen molar-refractivity contribution in [3.63, 3.8) is 0 Å². The van der Waals surface area contributed by atoms with Gasteiger partial charge in [-0.1, -0.05) is 24.3 Å². The second kappa shape index (κ2) is 9.62. The Hall–Kier alpha value is -2.40. The van der Waals surface area contributed by atoms with Crippen LogP contribution in [0.5, 0.6) is 0 Å². The van der Waals surface area contributed by atoms with Crippen LogP contribution in [0.2, 0.25) is 0 Å². The quantitative estimate of drug-likeness (QED) is 0.562. The molecule has 172 valence electrons. The van der Waals surface area contributed by atoms with Crippen molar-refractivity contribution in [2.75, 3.05) is 0 Å². The molecule has 1 fully saturated rings. The molecule has 1 aliphatic rings. The van der Waals surface area contributed by atoms with E-state index in [0.717, 1.165) is 0 Å². The summed E-state index contributed by atoms with van der Waals surface area (Å²) in [6, 6.07) is 11.1. The molecule has 32 heavy (non-hydrogen) atoms. The summed E-state index contributed by atoms with van der Waals surface area (Å²) in [4.78, 5) is 23.1. The predicted molar refractivity (Wildman–Crippen MR) is 120 cm³/mol. The van der Waals surface area contributed by atoms with Crippen LogP contribution in [0.25, 0.3) is 0 Å². The summed E-state index contributed by atoms with van der Waals surface area (Å²) in [5, 5.41) is 0. The zero-order valence-electron chi connectivity index (χ0n) is 17.9. The van der Waals surface area contributed by atoms with Crippen LogP contribution in [-0.4, -0.2) is 40.5 Å². The maximum atomic E-state index is 12.7. The SMILES string of the molecule is CC(=O)c1cccc(S(=O)(=O)NC2CCC(NS(=O)(=O)c3cccc(C(C)=O)c3)CC2)c1. The first kappa shape index (κ1) is 24.2. The van der Waals surface area contributed by atoms with Crippen LogP contribution in [0.1, 0.15) is 60.2 Å². The number of hydrogen-bond acceptors (Lipinski definition) is 6. The maximum absolute atomic E-state index is 12.7. The Morgan fingerprint density at radius 1 is 0.688 bits per heavy atom. The number of hydrogen-bond donors (Lipinski definition) is 2. The molecule has 10 heteroatoms. The van der Waals surface area contributed by atoms with Crippen molar-refractivity contribution < 1.29 is 26.4 Å². The van der Waals surface area contributed by atoms with E-state index < -0.39 is 20.0 Å². The van der Waals surface area contributed by atoms with Gasteiger partial charge in [-0.25, -0.2) is 26.3 Å². The third-order valence-corrected chi connectivity index (χ3v) is 8.51. The molecule has 0 radical (unpaired) electrons. The van der Waals surface area contributed by atoms with Gasteiger partial charge in [0.05, 0.1) is 9.79 Å². The van der Waals surface area contributed by atoms with Gasteiger partial charge in [0.15, 0.2) is 11.6 Å². The van der Waals surface area contributed by atoms with Crippen molar-refractivity contribution in [3.05, 3.63) is 59.7 Å². The standard InChI is InChI=1S/C22H26N2O6S2/c1-15(25)17-5-3-7-21(13-17)31(27,28)23-19-9-11-20(12-10-19)24-32(29,30)22-8-4-6-18(14-22)16(2)26/h3-8,13-14,19-20,23-24H,9-12H2,1-2H3. The third-order valence-electron chi connectivity index (χ3n) is 5.47. The van der Waals surface area contributed by atoms with E-state index >= 15 is 0 Å². The molecule has 1 saturated carbocycles. The highest BCUT2D eigenvalue weighted by atomic mass is 32.2. The fraction of sp³-hybridized carbons (Fsp3) is 0.364. The van der Waals surface area contributed by atoms with E-state index in [1.165, 1.54) is 50.2 Å². The summed E-state index contributed by atoms with van der Waals surface area (Å²) in [6.45, 7) is 2.75. The molecular weight excluding hydrogens is 452 g/mol. The fourth-order valence-corrected chi connectivity index (χ4v) is 6.37. The maximum Gasteiger partial charge on any atom is 0.240 e. The van der Waals surface area contributed by atoms with Gasteiger partial charge in [-0.3, -0.25) is 9.59 Å². The van der Waals surface area contributed by atoms with E-state index in [9.17, 15) is 26.4 Å². The molecule has 8 nitrogen and oxygen atoms in total. The molecule has 2 N–H and O–H groups in total. The minimum absolute atomic E-state index is 0.0263. The molecule has 0 unspecified atom stereocenters. The Bertz CT molecular complexity index is 1130. The van der Waals surface area contributed by atoms with E-state index in [4.69, 9.17) is 0 Å². The Morgan fingerprint density at radius 3 is 1.34 bits per heavy atom. The van der Waals surface area contributed by atoms with Gasteiger partial charge >= 0.3 is 0 Å². The van der Waals surface area contributed by atoms with Gasteiger partial charge in [0.1, 0.15) is 0 Å². The van der Waals surface area contributed by atoms with E-state index in [1.54, 1.807) is 12.1 Å². The van der Waals surface area contributed by atoms with Gasteiger partial charge in [-0.05, 0) is 63.8 Å². The van der Waals surface area contributed by atoms with Crippen molar-refractivity contribution in [1.29, 1.82) is 0 Å². The smallest absolute Gasteiger partial charge is 0.240 e. The molecule has 0 bridgehead atoms. The van der Waals surface area contributed by atoms with Gasteiger partial charge < -0.3 is 0 Å². The van der Waals surface area contributed by atoms with Crippen molar-refractivity contribution in [1.82, 2.24) is 9.44 Å². The van der Waals surface area contributed by atoms with Crippen LogP contribution in [0.3, 0.4) is 0 Å². The average molecular weight is 479 g/mol. The molecule has 0 heterocycles. The van der Waals surface area contributed by atoms with Crippen LogP contribution in [0.15, 0.2) is 58.3 Å². The van der Waals surface area contributed by atoms with Gasteiger partial charge in [0, 0.05) is 23.2 Å². The van der Waals surface area contributed by atoms with E-state index in [-0.39, 0.29) is 33.4 Å². The van der Waals surface area contributed by atoms with E-state index in [0.29, 0.717) is 36.8 Å². The van der Waals surface area contributed by atoms with Crippen LogP contribution < -0.4 is 9.44 Å². The average Bonchev–Trinajstić information content (AvgIpc) is 2.75. The zero-order chi connectivity index (χ0) is 23.5. The third kappa shape index (κ3) is 5.89. The number of carbonyl (C=O) groups is 2. The first-order valence-corrected chi connectivity index (χ1v) is 13.2. The van der Waals surface area contributed by atoms with E-state index in [2.05, 4.69) is 9.44 Å². The van der Waals surface area contributed by atoms with E-state index in [1.807, 2.05) is 0 Å². The summed E-state index contributed by atoms with van der Waals surface area (Å²) in [5.74, 6) is -0.438. The van der Waals surface area contributed by atoms with Crippen molar-refractivity contribution in [3.8, 4) is 0 Å². The lowest BCUT2D eigenvalue weighted by Gasteiger charge is -2.29. The number of Topliss-reactive ketones (excluding diaryl/α,β-unsaturated/α-hetero) is 2. The fourth-order valence-electron chi connectivity index (χ4n) is 3.67. The summed E-state index contributed by atoms with van der Waals surface area (Å²) < 4.78 is 56.1. The van der Waals surface area contributed by atoms with Crippen molar-refractivity contribution >= 4 is 31.6 Å². The molecule has 0 aliphatic heterocycles. The molecule has 0 saturated heterocycles. The van der Waals surface area contributed by atoms with Gasteiger partial charge in [-0.15, -0.1) is 0 Å². The first-order chi connectivity index (χ1) is 15.0. The molecule has 2 aromatic rings.